The average molecular weight is 345 g/mol. The van der Waals surface area contributed by atoms with Crippen molar-refractivity contribution in [2.75, 3.05) is 39.8 Å². The van der Waals surface area contributed by atoms with Crippen molar-refractivity contribution in [2.24, 2.45) is 4.99 Å². The van der Waals surface area contributed by atoms with Crippen molar-refractivity contribution >= 4 is 5.96 Å². The van der Waals surface area contributed by atoms with Crippen LogP contribution in [-0.4, -0.2) is 56.8 Å². The number of nitrogens with one attached hydrogen (secondary N) is 2. The molecule has 0 spiro atoms. The summed E-state index contributed by atoms with van der Waals surface area (Å²) in [6.07, 6.45) is 6.47. The lowest BCUT2D eigenvalue weighted by molar-refractivity contribution is 0.105. The number of likely N-dealkylation sites (tertiary alicyclic amines) is 1. The smallest absolute Gasteiger partial charge is 0.191 e. The van der Waals surface area contributed by atoms with Crippen LogP contribution >= 0.6 is 0 Å². The first-order chi connectivity index (χ1) is 12.4. The molecule has 2 aliphatic heterocycles. The third-order valence-corrected chi connectivity index (χ3v) is 5.23. The molecule has 25 heavy (non-hydrogen) atoms. The van der Waals surface area contributed by atoms with Gasteiger partial charge in [0.15, 0.2) is 5.96 Å². The molecule has 2 heterocycles. The number of benzene rings is 1. The van der Waals surface area contributed by atoms with Crippen LogP contribution in [0.15, 0.2) is 35.3 Å². The van der Waals surface area contributed by atoms with Crippen LogP contribution in [0.2, 0.25) is 0 Å². The first-order valence-electron chi connectivity index (χ1n) is 9.72. The zero-order valence-corrected chi connectivity index (χ0v) is 15.4. The van der Waals surface area contributed by atoms with Crippen LogP contribution < -0.4 is 10.6 Å². The summed E-state index contributed by atoms with van der Waals surface area (Å²) in [5.41, 5.74) is 1.38. The third-order valence-electron chi connectivity index (χ3n) is 5.23. The minimum Gasteiger partial charge on any atom is -0.378 e. The van der Waals surface area contributed by atoms with Gasteiger partial charge in [0, 0.05) is 26.7 Å². The van der Waals surface area contributed by atoms with Gasteiger partial charge in [0.1, 0.15) is 0 Å². The normalized spacial score (nSPS) is 22.9. The number of hydrogen-bond acceptors (Lipinski definition) is 3. The number of aliphatic imine (C=N–C) groups is 1. The number of ether oxygens (including phenoxy) is 1. The molecule has 138 valence electrons. The van der Waals surface area contributed by atoms with E-state index in [4.69, 9.17) is 4.74 Å². The highest BCUT2D eigenvalue weighted by molar-refractivity contribution is 5.79. The van der Waals surface area contributed by atoms with E-state index >= 15 is 0 Å². The zero-order chi connectivity index (χ0) is 17.3. The zero-order valence-electron chi connectivity index (χ0n) is 15.4. The van der Waals surface area contributed by atoms with Crippen molar-refractivity contribution < 1.29 is 4.74 Å². The second-order valence-corrected chi connectivity index (χ2v) is 6.97. The minimum absolute atomic E-state index is 0.403. The summed E-state index contributed by atoms with van der Waals surface area (Å²) in [4.78, 5) is 6.96. The molecular formula is C20H32N4O. The summed E-state index contributed by atoms with van der Waals surface area (Å²) in [5.74, 6) is 0.887. The lowest BCUT2D eigenvalue weighted by Crippen LogP contribution is -2.43. The molecule has 5 heteroatoms. The Morgan fingerprint density at radius 1 is 1.20 bits per heavy atom. The molecule has 2 saturated heterocycles. The fraction of sp³-hybridized carbons (Fsp3) is 0.650. The van der Waals surface area contributed by atoms with Crippen molar-refractivity contribution in [3.63, 3.8) is 0 Å². The summed E-state index contributed by atoms with van der Waals surface area (Å²) in [7, 11) is 1.84. The topological polar surface area (TPSA) is 48.9 Å². The molecule has 5 nitrogen and oxygen atoms in total. The summed E-state index contributed by atoms with van der Waals surface area (Å²) in [5, 5.41) is 6.96. The van der Waals surface area contributed by atoms with E-state index in [1.54, 1.807) is 0 Å². The second kappa shape index (κ2) is 9.78. The van der Waals surface area contributed by atoms with Gasteiger partial charge in [0.05, 0.1) is 12.1 Å². The largest absolute Gasteiger partial charge is 0.378 e. The molecule has 1 aromatic carbocycles. The Hall–Kier alpha value is -1.59. The highest BCUT2D eigenvalue weighted by Crippen LogP contribution is 2.24. The van der Waals surface area contributed by atoms with Crippen molar-refractivity contribution in [1.29, 1.82) is 0 Å². The van der Waals surface area contributed by atoms with Crippen LogP contribution in [0.5, 0.6) is 0 Å². The van der Waals surface area contributed by atoms with Crippen molar-refractivity contribution in [1.82, 2.24) is 15.5 Å². The van der Waals surface area contributed by atoms with E-state index in [0.29, 0.717) is 12.1 Å². The monoisotopic (exact) mass is 344 g/mol. The Morgan fingerprint density at radius 3 is 2.68 bits per heavy atom. The van der Waals surface area contributed by atoms with E-state index in [1.165, 1.54) is 44.3 Å². The Labute approximate surface area is 151 Å². The van der Waals surface area contributed by atoms with Crippen LogP contribution in [0.1, 0.15) is 43.7 Å². The molecule has 0 bridgehead atoms. The lowest BCUT2D eigenvalue weighted by Gasteiger charge is -2.29. The summed E-state index contributed by atoms with van der Waals surface area (Å²) in [6, 6.07) is 11.2. The highest BCUT2D eigenvalue weighted by atomic mass is 16.5. The molecule has 0 amide bonds. The van der Waals surface area contributed by atoms with Gasteiger partial charge in [-0.2, -0.15) is 0 Å². The van der Waals surface area contributed by atoms with Crippen molar-refractivity contribution in [3.8, 4) is 0 Å². The molecule has 0 aliphatic carbocycles. The highest BCUT2D eigenvalue weighted by Gasteiger charge is 2.23. The van der Waals surface area contributed by atoms with E-state index in [2.05, 4.69) is 50.9 Å². The van der Waals surface area contributed by atoms with E-state index in [1.807, 2.05) is 7.05 Å². The number of hydrogen-bond donors (Lipinski definition) is 2. The van der Waals surface area contributed by atoms with Gasteiger partial charge in [-0.05, 0) is 50.8 Å². The molecule has 3 rings (SSSR count). The molecular weight excluding hydrogens is 312 g/mol. The van der Waals surface area contributed by atoms with Crippen LogP contribution in [0, 0.1) is 0 Å². The summed E-state index contributed by atoms with van der Waals surface area (Å²) in [6.45, 7) is 5.08. The van der Waals surface area contributed by atoms with Gasteiger partial charge in [-0.25, -0.2) is 0 Å². The number of nitrogens with zero attached hydrogens (tertiary/aromatic N) is 2. The van der Waals surface area contributed by atoms with Crippen LogP contribution in [-0.2, 0) is 4.74 Å². The fourth-order valence-electron chi connectivity index (χ4n) is 3.82. The van der Waals surface area contributed by atoms with Crippen LogP contribution in [0.3, 0.4) is 0 Å². The predicted molar refractivity (Wildman–Crippen MR) is 103 cm³/mol. The quantitative estimate of drug-likeness (QED) is 0.590. The fourth-order valence-corrected chi connectivity index (χ4v) is 3.82. The molecule has 2 N–H and O–H groups in total. The van der Waals surface area contributed by atoms with Crippen LogP contribution in [0.4, 0.5) is 0 Å². The molecule has 2 fully saturated rings. The maximum absolute atomic E-state index is 5.68. The first kappa shape index (κ1) is 18.2. The molecule has 2 aliphatic rings. The maximum Gasteiger partial charge on any atom is 0.191 e. The average Bonchev–Trinajstić information content (AvgIpc) is 3.35. The van der Waals surface area contributed by atoms with Gasteiger partial charge in [0.25, 0.3) is 0 Å². The molecule has 1 aromatic rings. The standard InChI is InChI=1S/C20H32N4O/c1-21-20(22-12-11-18-10-7-15-25-18)23-16-19(24-13-5-6-14-24)17-8-3-2-4-9-17/h2-4,8-9,18-19H,5-7,10-16H2,1H3,(H2,21,22,23). The molecule has 0 aromatic heterocycles. The minimum atomic E-state index is 0.403. The Bertz CT molecular complexity index is 522. The first-order valence-corrected chi connectivity index (χ1v) is 9.72. The summed E-state index contributed by atoms with van der Waals surface area (Å²) < 4.78 is 5.68. The van der Waals surface area contributed by atoms with E-state index in [0.717, 1.165) is 32.1 Å². The Balaban J connectivity index is 1.50. The molecule has 2 unspecified atom stereocenters. The van der Waals surface area contributed by atoms with E-state index < -0.39 is 0 Å². The third kappa shape index (κ3) is 5.44. The van der Waals surface area contributed by atoms with Crippen LogP contribution in [0.25, 0.3) is 0 Å². The SMILES string of the molecule is CN=C(NCCC1CCCO1)NCC(c1ccccc1)N1CCCC1. The van der Waals surface area contributed by atoms with Gasteiger partial charge in [-0.1, -0.05) is 30.3 Å². The number of rotatable bonds is 7. The van der Waals surface area contributed by atoms with Crippen molar-refractivity contribution in [2.45, 2.75) is 44.2 Å². The Kier molecular flexibility index (Phi) is 7.12. The van der Waals surface area contributed by atoms with Gasteiger partial charge in [-0.3, -0.25) is 9.89 Å². The maximum atomic E-state index is 5.68. The van der Waals surface area contributed by atoms with Crippen molar-refractivity contribution in [3.05, 3.63) is 35.9 Å². The van der Waals surface area contributed by atoms with Gasteiger partial charge in [-0.15, -0.1) is 0 Å². The lowest BCUT2D eigenvalue weighted by atomic mass is 10.1. The van der Waals surface area contributed by atoms with E-state index in [9.17, 15) is 0 Å². The Morgan fingerprint density at radius 2 is 2.00 bits per heavy atom. The van der Waals surface area contributed by atoms with Gasteiger partial charge < -0.3 is 15.4 Å². The number of guanidine groups is 1. The van der Waals surface area contributed by atoms with Gasteiger partial charge in [0.2, 0.25) is 0 Å². The predicted octanol–water partition coefficient (Wildman–Crippen LogP) is 2.56. The summed E-state index contributed by atoms with van der Waals surface area (Å²) >= 11 is 0. The second-order valence-electron chi connectivity index (χ2n) is 6.97. The molecule has 0 radical (unpaired) electrons. The molecule has 2 atom stereocenters. The van der Waals surface area contributed by atoms with Gasteiger partial charge >= 0.3 is 0 Å². The van der Waals surface area contributed by atoms with E-state index in [-0.39, 0.29) is 0 Å². The molecule has 0 saturated carbocycles.